The molecule has 0 saturated carbocycles. The molecule has 0 bridgehead atoms. The molecule has 1 aromatic rings. The van der Waals surface area contributed by atoms with E-state index in [4.69, 9.17) is 5.73 Å². The van der Waals surface area contributed by atoms with E-state index >= 15 is 0 Å². The summed E-state index contributed by atoms with van der Waals surface area (Å²) in [5, 5.41) is 0. The first-order chi connectivity index (χ1) is 8.11. The monoisotopic (exact) mass is 255 g/mol. The van der Waals surface area contributed by atoms with Crippen LogP contribution in [0.1, 0.15) is 12.1 Å². The van der Waals surface area contributed by atoms with E-state index in [1.807, 2.05) is 23.1 Å². The van der Waals surface area contributed by atoms with Crippen LogP contribution in [-0.4, -0.2) is 38.0 Å². The highest BCUT2D eigenvalue weighted by Crippen LogP contribution is 2.15. The third-order valence-corrected chi connectivity index (χ3v) is 4.60. The van der Waals surface area contributed by atoms with Gasteiger partial charge in [-0.2, -0.15) is 0 Å². The van der Waals surface area contributed by atoms with Gasteiger partial charge < -0.3 is 10.6 Å². The summed E-state index contributed by atoms with van der Waals surface area (Å²) in [5.74, 6) is 1.31. The summed E-state index contributed by atoms with van der Waals surface area (Å²) >= 11 is 0. The standard InChI is InChI=1S/C11H17N3O2S/c12-9-10-3-1-4-11(13-10)14-5-2-7-17(15,16)8-6-14/h1,3-4H,2,5-9,12H2. The molecule has 0 radical (unpaired) electrons. The Labute approximate surface area is 102 Å². The molecule has 6 heteroatoms. The molecule has 0 aliphatic carbocycles. The van der Waals surface area contributed by atoms with Gasteiger partial charge in [0.1, 0.15) is 5.82 Å². The van der Waals surface area contributed by atoms with E-state index < -0.39 is 9.84 Å². The molecule has 2 heterocycles. The zero-order chi connectivity index (χ0) is 12.3. The molecule has 0 spiro atoms. The highest BCUT2D eigenvalue weighted by molar-refractivity contribution is 7.91. The van der Waals surface area contributed by atoms with Crippen molar-refractivity contribution < 1.29 is 8.42 Å². The lowest BCUT2D eigenvalue weighted by Gasteiger charge is -2.21. The zero-order valence-electron chi connectivity index (χ0n) is 9.67. The zero-order valence-corrected chi connectivity index (χ0v) is 10.5. The number of pyridine rings is 1. The van der Waals surface area contributed by atoms with E-state index in [2.05, 4.69) is 4.98 Å². The lowest BCUT2D eigenvalue weighted by molar-refractivity contribution is 0.597. The second-order valence-corrected chi connectivity index (χ2v) is 6.49. The quantitative estimate of drug-likeness (QED) is 0.815. The average molecular weight is 255 g/mol. The van der Waals surface area contributed by atoms with Crippen LogP contribution in [0.5, 0.6) is 0 Å². The van der Waals surface area contributed by atoms with Gasteiger partial charge in [-0.15, -0.1) is 0 Å². The maximum atomic E-state index is 11.5. The first-order valence-corrected chi connectivity index (χ1v) is 7.54. The summed E-state index contributed by atoms with van der Waals surface area (Å²) in [5.41, 5.74) is 6.37. The summed E-state index contributed by atoms with van der Waals surface area (Å²) in [6.07, 6.45) is 0.664. The van der Waals surface area contributed by atoms with E-state index in [1.165, 1.54) is 0 Å². The molecule has 17 heavy (non-hydrogen) atoms. The van der Waals surface area contributed by atoms with E-state index in [9.17, 15) is 8.42 Å². The molecule has 94 valence electrons. The van der Waals surface area contributed by atoms with Crippen LogP contribution in [0, 0.1) is 0 Å². The minimum atomic E-state index is -2.87. The number of anilines is 1. The predicted molar refractivity (Wildman–Crippen MR) is 67.6 cm³/mol. The van der Waals surface area contributed by atoms with E-state index in [0.717, 1.165) is 18.1 Å². The van der Waals surface area contributed by atoms with E-state index in [-0.39, 0.29) is 11.5 Å². The predicted octanol–water partition coefficient (Wildman–Crippen LogP) is 0.165. The fraction of sp³-hybridized carbons (Fsp3) is 0.545. The SMILES string of the molecule is NCc1cccc(N2CCCS(=O)(=O)CC2)n1. The van der Waals surface area contributed by atoms with Crippen LogP contribution in [0.15, 0.2) is 18.2 Å². The van der Waals surface area contributed by atoms with Crippen LogP contribution >= 0.6 is 0 Å². The Morgan fingerprint density at radius 1 is 1.29 bits per heavy atom. The minimum absolute atomic E-state index is 0.210. The van der Waals surface area contributed by atoms with Gasteiger partial charge in [0.25, 0.3) is 0 Å². The number of nitrogens with two attached hydrogens (primary N) is 1. The van der Waals surface area contributed by atoms with Gasteiger partial charge in [0.05, 0.1) is 17.2 Å². The smallest absolute Gasteiger partial charge is 0.152 e. The number of rotatable bonds is 2. The van der Waals surface area contributed by atoms with Gasteiger partial charge in [-0.25, -0.2) is 13.4 Å². The Hall–Kier alpha value is -1.14. The molecule has 1 aliphatic heterocycles. The van der Waals surface area contributed by atoms with Crippen molar-refractivity contribution in [3.8, 4) is 0 Å². The van der Waals surface area contributed by atoms with E-state index in [1.54, 1.807) is 0 Å². The van der Waals surface area contributed by atoms with E-state index in [0.29, 0.717) is 19.5 Å². The third kappa shape index (κ3) is 3.17. The Kier molecular flexibility index (Phi) is 3.63. The van der Waals surface area contributed by atoms with Gasteiger partial charge in [-0.1, -0.05) is 6.07 Å². The maximum absolute atomic E-state index is 11.5. The van der Waals surface area contributed by atoms with Crippen molar-refractivity contribution in [2.24, 2.45) is 5.73 Å². The lowest BCUT2D eigenvalue weighted by atomic mass is 10.3. The van der Waals surface area contributed by atoms with Crippen molar-refractivity contribution in [3.05, 3.63) is 23.9 Å². The van der Waals surface area contributed by atoms with Crippen molar-refractivity contribution in [1.82, 2.24) is 4.98 Å². The molecule has 1 aliphatic rings. The van der Waals surface area contributed by atoms with Gasteiger partial charge in [-0.05, 0) is 18.6 Å². The van der Waals surface area contributed by atoms with Crippen LogP contribution in [-0.2, 0) is 16.4 Å². The first-order valence-electron chi connectivity index (χ1n) is 5.72. The van der Waals surface area contributed by atoms with Crippen LogP contribution in [0.25, 0.3) is 0 Å². The highest BCUT2D eigenvalue weighted by atomic mass is 32.2. The largest absolute Gasteiger partial charge is 0.356 e. The van der Waals surface area contributed by atoms with Gasteiger partial charge in [0.15, 0.2) is 9.84 Å². The number of nitrogens with zero attached hydrogens (tertiary/aromatic N) is 2. The van der Waals surface area contributed by atoms with Crippen LogP contribution < -0.4 is 10.6 Å². The molecular weight excluding hydrogens is 238 g/mol. The molecule has 2 rings (SSSR count). The van der Waals surface area contributed by atoms with Crippen LogP contribution in [0.4, 0.5) is 5.82 Å². The first kappa shape index (κ1) is 12.3. The maximum Gasteiger partial charge on any atom is 0.152 e. The van der Waals surface area contributed by atoms with Crippen LogP contribution in [0.3, 0.4) is 0 Å². The molecule has 0 atom stereocenters. The summed E-state index contributed by atoms with van der Waals surface area (Å²) in [6.45, 7) is 1.66. The molecule has 1 saturated heterocycles. The van der Waals surface area contributed by atoms with Gasteiger partial charge in [0.2, 0.25) is 0 Å². The molecule has 0 unspecified atom stereocenters. The molecule has 1 aromatic heterocycles. The summed E-state index contributed by atoms with van der Waals surface area (Å²) < 4.78 is 23.0. The van der Waals surface area contributed by atoms with Crippen LogP contribution in [0.2, 0.25) is 0 Å². The fourth-order valence-electron chi connectivity index (χ4n) is 1.92. The number of sulfone groups is 1. The molecular formula is C11H17N3O2S. The molecule has 0 amide bonds. The third-order valence-electron chi connectivity index (χ3n) is 2.88. The topological polar surface area (TPSA) is 76.3 Å². The Balaban J connectivity index is 2.16. The molecule has 0 aromatic carbocycles. The Bertz CT molecular complexity index is 487. The van der Waals surface area contributed by atoms with Crippen molar-refractivity contribution in [3.63, 3.8) is 0 Å². The van der Waals surface area contributed by atoms with Crippen molar-refractivity contribution in [2.75, 3.05) is 29.5 Å². The van der Waals surface area contributed by atoms with Gasteiger partial charge in [-0.3, -0.25) is 0 Å². The molecule has 5 nitrogen and oxygen atoms in total. The summed E-state index contributed by atoms with van der Waals surface area (Å²) in [7, 11) is -2.87. The molecule has 2 N–H and O–H groups in total. The highest BCUT2D eigenvalue weighted by Gasteiger charge is 2.19. The molecule has 1 fully saturated rings. The number of hydrogen-bond acceptors (Lipinski definition) is 5. The number of aromatic nitrogens is 1. The van der Waals surface area contributed by atoms with Gasteiger partial charge >= 0.3 is 0 Å². The average Bonchev–Trinajstić information content (AvgIpc) is 2.50. The van der Waals surface area contributed by atoms with Crippen molar-refractivity contribution in [2.45, 2.75) is 13.0 Å². The summed E-state index contributed by atoms with van der Waals surface area (Å²) in [4.78, 5) is 6.43. The van der Waals surface area contributed by atoms with Gasteiger partial charge in [0, 0.05) is 19.6 Å². The normalized spacial score (nSPS) is 19.9. The Morgan fingerprint density at radius 2 is 2.12 bits per heavy atom. The fourth-order valence-corrected chi connectivity index (χ4v) is 3.20. The number of hydrogen-bond donors (Lipinski definition) is 1. The summed E-state index contributed by atoms with van der Waals surface area (Å²) in [6, 6.07) is 5.68. The lowest BCUT2D eigenvalue weighted by Crippen LogP contribution is -2.27. The second-order valence-electron chi connectivity index (χ2n) is 4.18. The minimum Gasteiger partial charge on any atom is -0.356 e. The Morgan fingerprint density at radius 3 is 2.88 bits per heavy atom. The van der Waals surface area contributed by atoms with Crippen molar-refractivity contribution in [1.29, 1.82) is 0 Å². The second kappa shape index (κ2) is 5.01. The van der Waals surface area contributed by atoms with Crippen molar-refractivity contribution >= 4 is 15.7 Å².